The second-order valence-electron chi connectivity index (χ2n) is 6.96. The van der Waals surface area contributed by atoms with Crippen molar-refractivity contribution >= 4 is 34.0 Å². The third-order valence-electron chi connectivity index (χ3n) is 4.90. The molecule has 1 aromatic carbocycles. The Hall–Kier alpha value is -2.88. The molecule has 9 heteroatoms. The highest BCUT2D eigenvalue weighted by Gasteiger charge is 2.23. The normalized spacial score (nSPS) is 17.6. The van der Waals surface area contributed by atoms with Crippen molar-refractivity contribution < 1.29 is 4.74 Å². The quantitative estimate of drug-likeness (QED) is 0.526. The van der Waals surface area contributed by atoms with Crippen molar-refractivity contribution in [1.82, 2.24) is 29.9 Å². The van der Waals surface area contributed by atoms with Crippen molar-refractivity contribution in [3.05, 3.63) is 59.0 Å². The van der Waals surface area contributed by atoms with Crippen LogP contribution < -0.4 is 5.32 Å². The first-order chi connectivity index (χ1) is 14.3. The van der Waals surface area contributed by atoms with Crippen LogP contribution in [0, 0.1) is 0 Å². The van der Waals surface area contributed by atoms with E-state index in [4.69, 9.17) is 4.74 Å². The van der Waals surface area contributed by atoms with Crippen molar-refractivity contribution in [3.63, 3.8) is 0 Å². The minimum Gasteiger partial charge on any atom is -0.374 e. The van der Waals surface area contributed by atoms with E-state index in [-0.39, 0.29) is 6.10 Å². The summed E-state index contributed by atoms with van der Waals surface area (Å²) in [5, 5.41) is 14.0. The molecule has 0 spiro atoms. The number of para-hydroxylation sites is 1. The Morgan fingerprint density at radius 2 is 2.07 bits per heavy atom. The molecule has 29 heavy (non-hydrogen) atoms. The summed E-state index contributed by atoms with van der Waals surface area (Å²) in [6.45, 7) is 4.10. The molecule has 1 aliphatic rings. The number of ether oxygens (including phenoxy) is 1. The first kappa shape index (κ1) is 18.2. The van der Waals surface area contributed by atoms with Crippen LogP contribution in [-0.2, 0) is 17.8 Å². The zero-order chi connectivity index (χ0) is 19.5. The van der Waals surface area contributed by atoms with Crippen LogP contribution >= 0.6 is 11.3 Å². The molecule has 4 aromatic rings. The number of rotatable bonds is 6. The van der Waals surface area contributed by atoms with E-state index in [2.05, 4.69) is 48.0 Å². The van der Waals surface area contributed by atoms with Crippen molar-refractivity contribution in [2.45, 2.75) is 19.2 Å². The van der Waals surface area contributed by atoms with E-state index in [1.54, 1.807) is 11.3 Å². The molecule has 1 aliphatic heterocycles. The Bertz CT molecular complexity index is 1070. The van der Waals surface area contributed by atoms with Gasteiger partial charge in [0.2, 0.25) is 0 Å². The Morgan fingerprint density at radius 1 is 1.14 bits per heavy atom. The molecule has 0 bridgehead atoms. The van der Waals surface area contributed by atoms with Crippen molar-refractivity contribution in [2.24, 2.45) is 0 Å². The number of hydrogen-bond donors (Lipinski definition) is 1. The standard InChI is InChI=1S/C20H21N7OS/c1-2-5-15(6-3-1)23-19-18-20(22-14-21-19)27(25-24-18)12-16-11-26(8-9-28-16)13-17-7-4-10-29-17/h1-7,10,14,16H,8-9,11-13H2,(H,21,22,23). The first-order valence-electron chi connectivity index (χ1n) is 9.58. The minimum absolute atomic E-state index is 0.0501. The Labute approximate surface area is 172 Å². The zero-order valence-electron chi connectivity index (χ0n) is 15.8. The lowest BCUT2D eigenvalue weighted by Gasteiger charge is -2.32. The maximum Gasteiger partial charge on any atom is 0.183 e. The van der Waals surface area contributed by atoms with Crippen LogP contribution in [0.3, 0.4) is 0 Å². The number of thiophene rings is 1. The molecule has 0 amide bonds. The second-order valence-corrected chi connectivity index (χ2v) is 8.00. The third kappa shape index (κ3) is 4.12. The van der Waals surface area contributed by atoms with Crippen LogP contribution in [0.1, 0.15) is 4.88 Å². The van der Waals surface area contributed by atoms with Crippen LogP contribution in [0.4, 0.5) is 11.5 Å². The summed E-state index contributed by atoms with van der Waals surface area (Å²) in [5.74, 6) is 0.649. The van der Waals surface area contributed by atoms with Crippen LogP contribution in [0.25, 0.3) is 11.2 Å². The van der Waals surface area contributed by atoms with E-state index < -0.39 is 0 Å². The van der Waals surface area contributed by atoms with Crippen LogP contribution in [0.15, 0.2) is 54.2 Å². The topological polar surface area (TPSA) is 81.0 Å². The average molecular weight is 408 g/mol. The lowest BCUT2D eigenvalue weighted by Crippen LogP contribution is -2.43. The van der Waals surface area contributed by atoms with Gasteiger partial charge in [-0.2, -0.15) is 0 Å². The van der Waals surface area contributed by atoms with Gasteiger partial charge in [0.05, 0.1) is 19.3 Å². The van der Waals surface area contributed by atoms with Crippen LogP contribution in [0.2, 0.25) is 0 Å². The van der Waals surface area contributed by atoms with E-state index in [9.17, 15) is 0 Å². The maximum atomic E-state index is 5.99. The molecule has 1 unspecified atom stereocenters. The Kier molecular flexibility index (Phi) is 5.16. The molecule has 1 fully saturated rings. The molecule has 148 valence electrons. The number of aromatic nitrogens is 5. The fraction of sp³-hybridized carbons (Fsp3) is 0.300. The van der Waals surface area contributed by atoms with Gasteiger partial charge >= 0.3 is 0 Å². The Morgan fingerprint density at radius 3 is 2.93 bits per heavy atom. The van der Waals surface area contributed by atoms with Gasteiger partial charge < -0.3 is 10.1 Å². The van der Waals surface area contributed by atoms with E-state index in [0.29, 0.717) is 23.5 Å². The molecular formula is C20H21N7OS. The zero-order valence-corrected chi connectivity index (χ0v) is 16.6. The summed E-state index contributed by atoms with van der Waals surface area (Å²) >= 11 is 1.79. The van der Waals surface area contributed by atoms with Gasteiger partial charge in [0.15, 0.2) is 17.0 Å². The highest BCUT2D eigenvalue weighted by atomic mass is 32.1. The second kappa shape index (κ2) is 8.24. The van der Waals surface area contributed by atoms with Gasteiger partial charge in [-0.1, -0.05) is 29.5 Å². The lowest BCUT2D eigenvalue weighted by molar-refractivity contribution is -0.0396. The van der Waals surface area contributed by atoms with E-state index >= 15 is 0 Å². The van der Waals surface area contributed by atoms with Crippen LogP contribution in [0.5, 0.6) is 0 Å². The molecule has 0 saturated carbocycles. The average Bonchev–Trinajstić information content (AvgIpc) is 3.40. The lowest BCUT2D eigenvalue weighted by atomic mass is 10.2. The van der Waals surface area contributed by atoms with Gasteiger partial charge in [-0.05, 0) is 23.6 Å². The summed E-state index contributed by atoms with van der Waals surface area (Å²) in [6, 6.07) is 14.2. The summed E-state index contributed by atoms with van der Waals surface area (Å²) in [4.78, 5) is 12.6. The predicted octanol–water partition coefficient (Wildman–Crippen LogP) is 2.93. The van der Waals surface area contributed by atoms with Gasteiger partial charge in [-0.25, -0.2) is 14.6 Å². The maximum absolute atomic E-state index is 5.99. The molecule has 1 N–H and O–H groups in total. The largest absolute Gasteiger partial charge is 0.374 e. The smallest absolute Gasteiger partial charge is 0.183 e. The molecular weight excluding hydrogens is 386 g/mol. The van der Waals surface area contributed by atoms with Gasteiger partial charge in [-0.3, -0.25) is 4.90 Å². The number of benzene rings is 1. The molecule has 1 atom stereocenters. The highest BCUT2D eigenvalue weighted by molar-refractivity contribution is 7.09. The first-order valence-corrected chi connectivity index (χ1v) is 10.5. The summed E-state index contributed by atoms with van der Waals surface area (Å²) in [7, 11) is 0. The van der Waals surface area contributed by atoms with Crippen molar-refractivity contribution in [3.8, 4) is 0 Å². The third-order valence-corrected chi connectivity index (χ3v) is 5.76. The van der Waals surface area contributed by atoms with Gasteiger partial charge in [-0.15, -0.1) is 16.4 Å². The molecule has 5 rings (SSSR count). The van der Waals surface area contributed by atoms with E-state index in [1.165, 1.54) is 11.2 Å². The summed E-state index contributed by atoms with van der Waals surface area (Å²) in [5.41, 5.74) is 2.31. The number of anilines is 2. The number of nitrogens with zero attached hydrogens (tertiary/aromatic N) is 6. The molecule has 0 aliphatic carbocycles. The van der Waals surface area contributed by atoms with Gasteiger partial charge in [0, 0.05) is 30.2 Å². The van der Waals surface area contributed by atoms with Crippen molar-refractivity contribution in [1.29, 1.82) is 0 Å². The molecule has 3 aromatic heterocycles. The van der Waals surface area contributed by atoms with E-state index in [0.717, 1.165) is 31.9 Å². The molecule has 0 radical (unpaired) electrons. The number of morpholine rings is 1. The van der Waals surface area contributed by atoms with E-state index in [1.807, 2.05) is 35.0 Å². The van der Waals surface area contributed by atoms with Gasteiger partial charge in [0.1, 0.15) is 6.33 Å². The fourth-order valence-corrected chi connectivity index (χ4v) is 4.26. The minimum atomic E-state index is 0.0501. The van der Waals surface area contributed by atoms with Gasteiger partial charge in [0.25, 0.3) is 0 Å². The molecule has 4 heterocycles. The SMILES string of the molecule is c1ccc(Nc2ncnc3c2nnn3CC2CN(Cc3cccs3)CCO2)cc1. The molecule has 8 nitrogen and oxygen atoms in total. The van der Waals surface area contributed by atoms with Crippen LogP contribution in [-0.4, -0.2) is 55.7 Å². The number of nitrogens with one attached hydrogen (secondary N) is 1. The Balaban J connectivity index is 1.31. The summed E-state index contributed by atoms with van der Waals surface area (Å²) in [6.07, 6.45) is 1.59. The predicted molar refractivity (Wildman–Crippen MR) is 112 cm³/mol. The van der Waals surface area contributed by atoms with Crippen molar-refractivity contribution in [2.75, 3.05) is 25.0 Å². The number of fused-ring (bicyclic) bond motifs is 1. The summed E-state index contributed by atoms with van der Waals surface area (Å²) < 4.78 is 7.80. The highest BCUT2D eigenvalue weighted by Crippen LogP contribution is 2.21. The molecule has 1 saturated heterocycles. The number of hydrogen-bond acceptors (Lipinski definition) is 8. The fourth-order valence-electron chi connectivity index (χ4n) is 3.51. The monoisotopic (exact) mass is 407 g/mol.